The van der Waals surface area contributed by atoms with Gasteiger partial charge < -0.3 is 11.1 Å². The van der Waals surface area contributed by atoms with E-state index < -0.39 is 0 Å². The smallest absolute Gasteiger partial charge is 0.263 e. The van der Waals surface area contributed by atoms with Gasteiger partial charge in [0.15, 0.2) is 0 Å². The van der Waals surface area contributed by atoms with Crippen molar-refractivity contribution in [3.8, 4) is 0 Å². The lowest BCUT2D eigenvalue weighted by Gasteiger charge is -2.33. The molecule has 3 N–H and O–H groups in total. The molecule has 0 saturated heterocycles. The minimum Gasteiger partial charge on any atom is -0.397 e. The normalized spacial score (nSPS) is 12.6. The number of nitrogens with two attached hydrogens (primary N) is 1. The van der Waals surface area contributed by atoms with Gasteiger partial charge in [0.25, 0.3) is 5.91 Å². The van der Waals surface area contributed by atoms with Gasteiger partial charge in [-0.3, -0.25) is 4.79 Å². The lowest BCUT2D eigenvalue weighted by molar-refractivity contribution is 0.0896. The molecule has 0 radical (unpaired) electrons. The molecule has 0 spiro atoms. The lowest BCUT2D eigenvalue weighted by Crippen LogP contribution is -2.45. The van der Waals surface area contributed by atoms with E-state index >= 15 is 0 Å². The van der Waals surface area contributed by atoms with Crippen molar-refractivity contribution in [3.05, 3.63) is 17.1 Å². The Balaban J connectivity index is 2.25. The molecule has 2 rings (SSSR count). The number of rotatable bonds is 3. The van der Waals surface area contributed by atoms with Crippen LogP contribution in [0.15, 0.2) is 12.3 Å². The third-order valence-electron chi connectivity index (χ3n) is 3.05. The SMILES string of the molecule is CC(C)(C)CC(C)(C)NC(=O)c1sc2nnccc2c1N. The summed E-state index contributed by atoms with van der Waals surface area (Å²) < 4.78 is 0. The van der Waals surface area contributed by atoms with Gasteiger partial charge in [0, 0.05) is 10.9 Å². The zero-order valence-electron chi connectivity index (χ0n) is 13.2. The van der Waals surface area contributed by atoms with Crippen LogP contribution >= 0.6 is 11.3 Å². The Bertz CT molecular complexity index is 670. The number of nitrogens with zero attached hydrogens (tertiary/aromatic N) is 2. The van der Waals surface area contributed by atoms with Gasteiger partial charge >= 0.3 is 0 Å². The fraction of sp³-hybridized carbons (Fsp3) is 0.533. The summed E-state index contributed by atoms with van der Waals surface area (Å²) in [5.41, 5.74) is 6.38. The van der Waals surface area contributed by atoms with Crippen molar-refractivity contribution in [1.82, 2.24) is 15.5 Å². The third kappa shape index (κ3) is 3.69. The second-order valence-corrected chi connectivity index (χ2v) is 8.17. The van der Waals surface area contributed by atoms with Gasteiger partial charge in [-0.05, 0) is 31.7 Å². The van der Waals surface area contributed by atoms with Gasteiger partial charge in [-0.25, -0.2) is 0 Å². The van der Waals surface area contributed by atoms with E-state index in [2.05, 4.69) is 36.3 Å². The van der Waals surface area contributed by atoms with Crippen molar-refractivity contribution in [2.75, 3.05) is 5.73 Å². The minimum atomic E-state index is -0.302. The molecule has 2 aromatic heterocycles. The van der Waals surface area contributed by atoms with Crippen LogP contribution in [0.2, 0.25) is 0 Å². The van der Waals surface area contributed by atoms with Gasteiger partial charge in [0.1, 0.15) is 9.71 Å². The summed E-state index contributed by atoms with van der Waals surface area (Å²) >= 11 is 1.28. The highest BCUT2D eigenvalue weighted by atomic mass is 32.1. The van der Waals surface area contributed by atoms with Crippen LogP contribution in [0.5, 0.6) is 0 Å². The molecule has 114 valence electrons. The first-order chi connectivity index (χ1) is 9.59. The molecule has 0 aliphatic rings. The maximum absolute atomic E-state index is 12.5. The van der Waals surface area contributed by atoms with Crippen LogP contribution in [0, 0.1) is 5.41 Å². The first kappa shape index (κ1) is 15.7. The summed E-state index contributed by atoms with van der Waals surface area (Å²) in [6.07, 6.45) is 2.45. The number of hydrogen-bond donors (Lipinski definition) is 2. The van der Waals surface area contributed by atoms with E-state index in [9.17, 15) is 4.79 Å². The summed E-state index contributed by atoms with van der Waals surface area (Å²) in [5.74, 6) is -0.148. The molecule has 0 aliphatic carbocycles. The Morgan fingerprint density at radius 3 is 2.57 bits per heavy atom. The first-order valence-corrected chi connectivity index (χ1v) is 7.73. The molecule has 1 amide bonds. The van der Waals surface area contributed by atoms with Crippen LogP contribution in [-0.2, 0) is 0 Å². The Morgan fingerprint density at radius 2 is 2.00 bits per heavy atom. The predicted octanol–water partition coefficient (Wildman–Crippen LogP) is 3.22. The van der Waals surface area contributed by atoms with E-state index in [1.54, 1.807) is 12.3 Å². The molecule has 0 fully saturated rings. The lowest BCUT2D eigenvalue weighted by atomic mass is 9.82. The van der Waals surface area contributed by atoms with E-state index in [4.69, 9.17) is 5.73 Å². The monoisotopic (exact) mass is 306 g/mol. The molecule has 5 nitrogen and oxygen atoms in total. The molecular formula is C15H22N4OS. The topological polar surface area (TPSA) is 80.9 Å². The zero-order chi connectivity index (χ0) is 15.8. The minimum absolute atomic E-state index is 0.133. The number of hydrogen-bond acceptors (Lipinski definition) is 5. The summed E-state index contributed by atoms with van der Waals surface area (Å²) in [6.45, 7) is 10.5. The fourth-order valence-corrected chi connectivity index (χ4v) is 3.71. The van der Waals surface area contributed by atoms with Gasteiger partial charge in [-0.2, -0.15) is 5.10 Å². The number of nitrogens with one attached hydrogen (secondary N) is 1. The highest BCUT2D eigenvalue weighted by Crippen LogP contribution is 2.33. The van der Waals surface area contributed by atoms with Gasteiger partial charge in [-0.15, -0.1) is 16.4 Å². The number of fused-ring (bicyclic) bond motifs is 1. The molecule has 6 heteroatoms. The molecule has 0 unspecified atom stereocenters. The van der Waals surface area contributed by atoms with Crippen molar-refractivity contribution < 1.29 is 4.79 Å². The van der Waals surface area contributed by atoms with Crippen LogP contribution in [0.25, 0.3) is 10.2 Å². The average molecular weight is 306 g/mol. The average Bonchev–Trinajstić information content (AvgIpc) is 2.64. The maximum atomic E-state index is 12.5. The standard InChI is InChI=1S/C15H22N4OS/c1-14(2,3)8-15(4,5)18-12(20)11-10(16)9-6-7-17-19-13(9)21-11/h6-7H,8,16H2,1-5H3,(H,18,20). The number of amides is 1. The Kier molecular flexibility index (Phi) is 3.93. The van der Waals surface area contributed by atoms with Crippen molar-refractivity contribution >= 4 is 33.1 Å². The van der Waals surface area contributed by atoms with Crippen molar-refractivity contribution in [3.63, 3.8) is 0 Å². The van der Waals surface area contributed by atoms with E-state index in [1.807, 2.05) is 13.8 Å². The van der Waals surface area contributed by atoms with Crippen molar-refractivity contribution in [1.29, 1.82) is 0 Å². The highest BCUT2D eigenvalue weighted by molar-refractivity contribution is 7.21. The zero-order valence-corrected chi connectivity index (χ0v) is 14.0. The van der Waals surface area contributed by atoms with Crippen LogP contribution in [0.3, 0.4) is 0 Å². The van der Waals surface area contributed by atoms with Gasteiger partial charge in [0.05, 0.1) is 11.9 Å². The largest absolute Gasteiger partial charge is 0.397 e. The van der Waals surface area contributed by atoms with E-state index in [1.165, 1.54) is 11.3 Å². The molecule has 21 heavy (non-hydrogen) atoms. The summed E-state index contributed by atoms with van der Waals surface area (Å²) in [6, 6.07) is 1.78. The first-order valence-electron chi connectivity index (χ1n) is 6.91. The second kappa shape index (κ2) is 5.26. The summed E-state index contributed by atoms with van der Waals surface area (Å²) in [7, 11) is 0. The molecule has 0 aliphatic heterocycles. The molecule has 0 bridgehead atoms. The predicted molar refractivity (Wildman–Crippen MR) is 87.4 cm³/mol. The van der Waals surface area contributed by atoms with Crippen LogP contribution in [0.1, 0.15) is 50.7 Å². The van der Waals surface area contributed by atoms with E-state index in [0.29, 0.717) is 15.4 Å². The van der Waals surface area contributed by atoms with Gasteiger partial charge in [0.2, 0.25) is 0 Å². The van der Waals surface area contributed by atoms with Crippen molar-refractivity contribution in [2.45, 2.75) is 46.6 Å². The Hall–Kier alpha value is -1.69. The number of carbonyl (C=O) groups is 1. The number of carbonyl (C=O) groups excluding carboxylic acids is 1. The van der Waals surface area contributed by atoms with Crippen LogP contribution < -0.4 is 11.1 Å². The second-order valence-electron chi connectivity index (χ2n) is 7.17. The number of anilines is 1. The third-order valence-corrected chi connectivity index (χ3v) is 4.16. The van der Waals surface area contributed by atoms with E-state index in [-0.39, 0.29) is 16.9 Å². The number of aromatic nitrogens is 2. The highest BCUT2D eigenvalue weighted by Gasteiger charge is 2.29. The maximum Gasteiger partial charge on any atom is 0.263 e. The van der Waals surface area contributed by atoms with Crippen LogP contribution in [-0.4, -0.2) is 21.6 Å². The molecule has 2 heterocycles. The molecule has 0 saturated carbocycles. The summed E-state index contributed by atoms with van der Waals surface area (Å²) in [4.78, 5) is 13.7. The fourth-order valence-electron chi connectivity index (χ4n) is 2.78. The number of thiophene rings is 1. The quantitative estimate of drug-likeness (QED) is 0.912. The molecule has 2 aromatic rings. The van der Waals surface area contributed by atoms with Crippen molar-refractivity contribution in [2.24, 2.45) is 5.41 Å². The Labute approximate surface area is 128 Å². The Morgan fingerprint density at radius 1 is 1.33 bits per heavy atom. The van der Waals surface area contributed by atoms with Crippen LogP contribution in [0.4, 0.5) is 5.69 Å². The summed E-state index contributed by atoms with van der Waals surface area (Å²) in [5, 5.41) is 11.7. The van der Waals surface area contributed by atoms with Gasteiger partial charge in [-0.1, -0.05) is 20.8 Å². The van der Waals surface area contributed by atoms with E-state index in [0.717, 1.165) is 11.8 Å². The number of nitrogen functional groups attached to an aromatic ring is 1. The molecule has 0 aromatic carbocycles. The molecular weight excluding hydrogens is 284 g/mol. The molecule has 0 atom stereocenters.